The third-order valence-electron chi connectivity index (χ3n) is 7.64. The van der Waals surface area contributed by atoms with Crippen molar-refractivity contribution in [3.63, 3.8) is 0 Å². The van der Waals surface area contributed by atoms with Crippen molar-refractivity contribution in [1.82, 2.24) is 0 Å². The summed E-state index contributed by atoms with van der Waals surface area (Å²) in [6, 6.07) is 5.99. The molecule has 0 aliphatic heterocycles. The van der Waals surface area contributed by atoms with Crippen LogP contribution in [0.4, 0.5) is 4.20 Å². The summed E-state index contributed by atoms with van der Waals surface area (Å²) < 4.78 is 79.5. The highest BCUT2D eigenvalue weighted by Crippen LogP contribution is 2.41. The highest BCUT2D eigenvalue weighted by molar-refractivity contribution is 7.57. The summed E-state index contributed by atoms with van der Waals surface area (Å²) in [5.74, 6) is 7.17. The van der Waals surface area contributed by atoms with Gasteiger partial charge in [-0.05, 0) is 30.5 Å². The Bertz CT molecular complexity index is 1100. The molecule has 2 N–H and O–H groups in total. The molecule has 0 bridgehead atoms. The number of hydrazone groups is 1. The van der Waals surface area contributed by atoms with Crippen molar-refractivity contribution in [3.8, 4) is 11.5 Å². The fourth-order valence-corrected chi connectivity index (χ4v) is 5.09. The SMILES string of the molecule is CCCCCCOc1cc(CN=CC(COCCOCCOCCOCCOCCOCCOCCOCCP(C)(=O)F)=NN)cc(OCCCCCC)c1. The summed E-state index contributed by atoms with van der Waals surface area (Å²) in [6.07, 6.45) is 10.8. The van der Waals surface area contributed by atoms with Crippen LogP contribution < -0.4 is 15.3 Å². The smallest absolute Gasteiger partial charge is 0.243 e. The molecule has 320 valence electrons. The number of hydrogen-bond acceptors (Lipinski definition) is 14. The average Bonchev–Trinajstić information content (AvgIpc) is 3.16. The van der Waals surface area contributed by atoms with E-state index >= 15 is 0 Å². The van der Waals surface area contributed by atoms with E-state index in [1.54, 1.807) is 6.21 Å². The molecule has 0 aliphatic rings. The van der Waals surface area contributed by atoms with Gasteiger partial charge in [0.05, 0.1) is 132 Å². The number of benzene rings is 1. The molecule has 0 radical (unpaired) electrons. The first-order chi connectivity index (χ1) is 26.9. The number of nitrogens with two attached hydrogens (primary N) is 1. The number of rotatable bonds is 41. The Hall–Kier alpha value is -2.20. The lowest BCUT2D eigenvalue weighted by Gasteiger charge is -2.12. The van der Waals surface area contributed by atoms with E-state index in [0.717, 1.165) is 49.4 Å². The minimum Gasteiger partial charge on any atom is -0.493 e. The first kappa shape index (κ1) is 50.8. The molecular weight excluding hydrogens is 736 g/mol. The monoisotopic (exact) mass is 807 g/mol. The third kappa shape index (κ3) is 34.8. The second kappa shape index (κ2) is 37.4. The molecule has 55 heavy (non-hydrogen) atoms. The first-order valence-corrected chi connectivity index (χ1v) is 22.1. The van der Waals surface area contributed by atoms with Gasteiger partial charge in [0, 0.05) is 18.9 Å². The quantitative estimate of drug-likeness (QED) is 0.0252. The first-order valence-electron chi connectivity index (χ1n) is 19.9. The molecule has 0 amide bonds. The minimum atomic E-state index is -3.51. The van der Waals surface area contributed by atoms with Crippen LogP contribution in [-0.4, -0.2) is 144 Å². The van der Waals surface area contributed by atoms with E-state index in [2.05, 4.69) is 23.9 Å². The summed E-state index contributed by atoms with van der Waals surface area (Å²) in [6.45, 7) is 13.7. The number of nitrogens with zero attached hydrogens (tertiary/aromatic N) is 2. The fraction of sp³-hybridized carbons (Fsp3) is 0.795. The average molecular weight is 808 g/mol. The van der Waals surface area contributed by atoms with Crippen molar-refractivity contribution in [1.29, 1.82) is 0 Å². The normalized spacial score (nSPS) is 13.1. The second-order valence-electron chi connectivity index (χ2n) is 12.8. The van der Waals surface area contributed by atoms with Crippen LogP contribution in [0.25, 0.3) is 0 Å². The van der Waals surface area contributed by atoms with Gasteiger partial charge in [-0.1, -0.05) is 52.4 Å². The van der Waals surface area contributed by atoms with Crippen molar-refractivity contribution in [2.24, 2.45) is 15.9 Å². The molecule has 0 saturated heterocycles. The van der Waals surface area contributed by atoms with Crippen LogP contribution in [-0.2, 0) is 49.0 Å². The van der Waals surface area contributed by atoms with E-state index in [-0.39, 0.29) is 19.4 Å². The number of halogens is 1. The Balaban J connectivity index is 2.04. The van der Waals surface area contributed by atoms with Gasteiger partial charge in [0.2, 0.25) is 7.45 Å². The molecule has 1 aromatic rings. The van der Waals surface area contributed by atoms with Gasteiger partial charge >= 0.3 is 0 Å². The van der Waals surface area contributed by atoms with Crippen LogP contribution in [0.5, 0.6) is 11.5 Å². The van der Waals surface area contributed by atoms with Crippen molar-refractivity contribution in [3.05, 3.63) is 23.8 Å². The summed E-state index contributed by atoms with van der Waals surface area (Å²) >= 11 is 0. The zero-order valence-corrected chi connectivity index (χ0v) is 34.8. The minimum absolute atomic E-state index is 0.0691. The maximum absolute atomic E-state index is 12.9. The number of aliphatic imine (C=N–C) groups is 1. The predicted molar refractivity (Wildman–Crippen MR) is 216 cm³/mol. The molecule has 16 heteroatoms. The lowest BCUT2D eigenvalue weighted by molar-refractivity contribution is -0.0221. The lowest BCUT2D eigenvalue weighted by Crippen LogP contribution is -2.17. The van der Waals surface area contributed by atoms with E-state index in [4.69, 9.17) is 53.2 Å². The standard InChI is InChI=1S/C39H71FN3O11P/c1-4-6-8-10-12-53-38-30-36(31-39(32-38)54-13-11-9-7-5-2)33-42-34-37(43-41)35-52-27-26-50-23-22-48-19-18-46-15-14-45-16-17-47-20-21-49-24-25-51-28-29-55(3,40)44/h30-32,34H,4-29,33,35,41H2,1-3H3. The molecule has 0 aromatic heterocycles. The highest BCUT2D eigenvalue weighted by Gasteiger charge is 2.11. The maximum Gasteiger partial charge on any atom is 0.243 e. The molecule has 0 heterocycles. The largest absolute Gasteiger partial charge is 0.493 e. The molecule has 0 saturated carbocycles. The number of unbranched alkanes of at least 4 members (excludes halogenated alkanes) is 6. The number of ether oxygens (including phenoxy) is 10. The third-order valence-corrected chi connectivity index (χ3v) is 8.62. The van der Waals surface area contributed by atoms with Crippen LogP contribution in [0.15, 0.2) is 28.3 Å². The molecule has 1 rings (SSSR count). The zero-order valence-electron chi connectivity index (χ0n) is 33.9. The lowest BCUT2D eigenvalue weighted by atomic mass is 10.2. The highest BCUT2D eigenvalue weighted by atomic mass is 31.2. The summed E-state index contributed by atoms with van der Waals surface area (Å²) in [5, 5.41) is 3.80. The van der Waals surface area contributed by atoms with E-state index in [0.29, 0.717) is 118 Å². The molecule has 0 spiro atoms. The maximum atomic E-state index is 12.9. The number of hydrogen-bond donors (Lipinski definition) is 1. The van der Waals surface area contributed by atoms with Crippen molar-refractivity contribution in [2.75, 3.05) is 132 Å². The Labute approximate surface area is 329 Å². The van der Waals surface area contributed by atoms with Crippen molar-refractivity contribution < 1.29 is 56.1 Å². The van der Waals surface area contributed by atoms with Crippen molar-refractivity contribution >= 4 is 19.4 Å². The Morgan fingerprint density at radius 3 is 1.38 bits per heavy atom. The van der Waals surface area contributed by atoms with Gasteiger partial charge in [0.25, 0.3) is 0 Å². The van der Waals surface area contributed by atoms with E-state index in [1.165, 1.54) is 25.7 Å². The molecule has 0 aliphatic carbocycles. The van der Waals surface area contributed by atoms with Gasteiger partial charge in [-0.15, -0.1) is 0 Å². The fourth-order valence-electron chi connectivity index (χ4n) is 4.63. The summed E-state index contributed by atoms with van der Waals surface area (Å²) in [5.41, 5.74) is 1.52. The topological polar surface area (TPSA) is 160 Å². The van der Waals surface area contributed by atoms with Gasteiger partial charge in [0.15, 0.2) is 0 Å². The Morgan fingerprint density at radius 2 is 1.00 bits per heavy atom. The van der Waals surface area contributed by atoms with E-state index < -0.39 is 7.45 Å². The second-order valence-corrected chi connectivity index (χ2v) is 15.2. The predicted octanol–water partition coefficient (Wildman–Crippen LogP) is 6.50. The Kier molecular flexibility index (Phi) is 34.5. The zero-order chi connectivity index (χ0) is 39.9. The Morgan fingerprint density at radius 1 is 0.600 bits per heavy atom. The van der Waals surface area contributed by atoms with Crippen LogP contribution in [0.2, 0.25) is 0 Å². The van der Waals surface area contributed by atoms with E-state index in [1.807, 2.05) is 18.2 Å². The van der Waals surface area contributed by atoms with Crippen LogP contribution in [0.3, 0.4) is 0 Å². The van der Waals surface area contributed by atoms with Gasteiger partial charge < -0.3 is 53.2 Å². The summed E-state index contributed by atoms with van der Waals surface area (Å²) in [4.78, 5) is 4.54. The molecule has 1 atom stereocenters. The van der Waals surface area contributed by atoms with Crippen LogP contribution >= 0.6 is 7.45 Å². The van der Waals surface area contributed by atoms with Crippen LogP contribution in [0, 0.1) is 0 Å². The molecule has 1 aromatic carbocycles. The van der Waals surface area contributed by atoms with E-state index in [9.17, 15) is 8.76 Å². The molecular formula is C39H71FN3O11P. The molecule has 14 nitrogen and oxygen atoms in total. The summed E-state index contributed by atoms with van der Waals surface area (Å²) in [7, 11) is -3.51. The van der Waals surface area contributed by atoms with Gasteiger partial charge in [-0.3, -0.25) is 9.56 Å². The van der Waals surface area contributed by atoms with Gasteiger partial charge in [0.1, 0.15) is 17.2 Å². The molecule has 0 fully saturated rings. The van der Waals surface area contributed by atoms with Gasteiger partial charge in [-0.2, -0.15) is 9.30 Å². The van der Waals surface area contributed by atoms with Crippen LogP contribution in [0.1, 0.15) is 70.8 Å². The molecule has 1 unspecified atom stereocenters. The van der Waals surface area contributed by atoms with Crippen molar-refractivity contribution in [2.45, 2.75) is 71.8 Å². The van der Waals surface area contributed by atoms with Gasteiger partial charge in [-0.25, -0.2) is 0 Å².